The second-order valence-electron chi connectivity index (χ2n) is 23.5. The maximum atomic E-state index is 15.6. The molecular weight excluding hydrogens is 1330 g/mol. The molecule has 3 aromatic heterocycles. The van der Waals surface area contributed by atoms with E-state index in [9.17, 15) is 26.3 Å². The average molecular weight is 1390 g/mol. The van der Waals surface area contributed by atoms with Crippen LogP contribution in [0.25, 0.3) is 89.8 Å². The van der Waals surface area contributed by atoms with E-state index in [4.69, 9.17) is 9.97 Å². The summed E-state index contributed by atoms with van der Waals surface area (Å²) in [4.78, 5) is 15.1. The molecule has 17 heteroatoms. The lowest BCUT2D eigenvalue weighted by atomic mass is 9.99. The van der Waals surface area contributed by atoms with Gasteiger partial charge in [0.05, 0.1) is 41.4 Å². The summed E-state index contributed by atoms with van der Waals surface area (Å²) >= 11 is 0. The minimum Gasteiger partial charge on any atom is -0.319 e. The predicted molar refractivity (Wildman–Crippen MR) is 386 cm³/mol. The van der Waals surface area contributed by atoms with Gasteiger partial charge in [0.1, 0.15) is 11.6 Å². The van der Waals surface area contributed by atoms with Gasteiger partial charge in [-0.2, -0.15) is 0 Å². The van der Waals surface area contributed by atoms with Crippen LogP contribution in [0.5, 0.6) is 0 Å². The summed E-state index contributed by atoms with van der Waals surface area (Å²) in [6.07, 6.45) is 1.68. The van der Waals surface area contributed by atoms with Crippen molar-refractivity contribution in [1.82, 2.24) is 24.1 Å². The first-order chi connectivity index (χ1) is 49.3. The quantitative estimate of drug-likeness (QED) is 0.0419. The molecule has 0 fully saturated rings. The molecule has 0 saturated carbocycles. The standard InChI is InChI=1S/C43H27F5N3P.C41H28F5N2P/c44-36-32(37(45)39(47)40(48)38(36)46)26-51-42(28-16-7-2-8-17-28)41(27-14-5-1-6-15-27)50-43(51)35-31-22-13-25-49-33(31)23-24-34(35)52(29-18-9-3-10-19-29)30-20-11-4-12-21-30;1-49(29-21-12-5-13-22-29)32-24-14-23-30(26-15-6-2-7-16-26)33(32)41-47-39(27-17-8-3-9-18-27)40(28-19-10-4-11-20-28)48(41)25-31-34(42)36(44)38(46)37(45)35(31)43/h1-25H,26H2;2-24H,25H2,1H3. The van der Waals surface area contributed by atoms with Gasteiger partial charge in [0.2, 0.25) is 11.6 Å². The molecule has 3 heterocycles. The normalized spacial score (nSPS) is 11.6. The Bertz CT molecular complexity index is 5390. The predicted octanol–water partition coefficient (Wildman–Crippen LogP) is 20.3. The summed E-state index contributed by atoms with van der Waals surface area (Å²) in [6, 6.07) is 90.2. The molecule has 15 rings (SSSR count). The minimum atomic E-state index is -2.21. The highest BCUT2D eigenvalue weighted by atomic mass is 31.1. The van der Waals surface area contributed by atoms with E-state index in [-0.39, 0.29) is 5.82 Å². The fourth-order valence-corrected chi connectivity index (χ4v) is 16.9. The highest BCUT2D eigenvalue weighted by molar-refractivity contribution is 7.80. The van der Waals surface area contributed by atoms with Gasteiger partial charge in [-0.15, -0.1) is 0 Å². The largest absolute Gasteiger partial charge is 0.319 e. The van der Waals surface area contributed by atoms with E-state index >= 15 is 17.6 Å². The van der Waals surface area contributed by atoms with E-state index in [1.807, 2.05) is 243 Å². The third-order valence-electron chi connectivity index (χ3n) is 17.5. The fourth-order valence-electron chi connectivity index (χ4n) is 12.7. The van der Waals surface area contributed by atoms with Gasteiger partial charge in [0, 0.05) is 56.1 Å². The SMILES string of the molecule is CP(c1ccccc1)c1cccc(-c2ccccc2)c1-c1nc(-c2ccccc2)c(-c2ccccc2)n1Cc1c(F)c(F)c(F)c(F)c1F.Fc1c(F)c(F)c(Cn2c(-c3c(P(c4ccccc4)c4ccccc4)ccc4ncccc34)nc(-c3ccccc3)c2-c2ccccc2)c(F)c1F. The highest BCUT2D eigenvalue weighted by Gasteiger charge is 2.34. The third kappa shape index (κ3) is 13.0. The molecule has 101 heavy (non-hydrogen) atoms. The van der Waals surface area contributed by atoms with Crippen molar-refractivity contribution in [3.8, 4) is 78.9 Å². The molecule has 0 spiro atoms. The lowest BCUT2D eigenvalue weighted by Gasteiger charge is -2.24. The Labute approximate surface area is 577 Å². The van der Waals surface area contributed by atoms with Gasteiger partial charge in [-0.3, -0.25) is 4.98 Å². The Morgan fingerprint density at radius 2 is 0.663 bits per heavy atom. The van der Waals surface area contributed by atoms with Crippen LogP contribution in [0.1, 0.15) is 11.1 Å². The molecule has 1 unspecified atom stereocenters. The zero-order chi connectivity index (χ0) is 69.8. The first-order valence-electron chi connectivity index (χ1n) is 32.0. The van der Waals surface area contributed by atoms with Crippen molar-refractivity contribution in [3.05, 3.63) is 361 Å². The second-order valence-corrected chi connectivity index (χ2v) is 27.8. The topological polar surface area (TPSA) is 48.5 Å². The van der Waals surface area contributed by atoms with Gasteiger partial charge in [-0.05, 0) is 72.3 Å². The van der Waals surface area contributed by atoms with E-state index in [0.717, 1.165) is 43.2 Å². The summed E-state index contributed by atoms with van der Waals surface area (Å²) in [7, 11) is -2.27. The van der Waals surface area contributed by atoms with Crippen molar-refractivity contribution in [2.24, 2.45) is 0 Å². The number of halogens is 10. The molecule has 0 amide bonds. The Morgan fingerprint density at radius 1 is 0.307 bits per heavy atom. The van der Waals surface area contributed by atoms with Gasteiger partial charge in [0.25, 0.3) is 0 Å². The Kier molecular flexibility index (Phi) is 19.3. The van der Waals surface area contributed by atoms with E-state index in [1.165, 1.54) is 0 Å². The summed E-state index contributed by atoms with van der Waals surface area (Å²) in [5.74, 6) is -19.3. The zero-order valence-electron chi connectivity index (χ0n) is 53.5. The van der Waals surface area contributed by atoms with E-state index in [2.05, 4.69) is 48.0 Å². The first kappa shape index (κ1) is 66.8. The van der Waals surface area contributed by atoms with Crippen molar-refractivity contribution in [2.75, 3.05) is 6.66 Å². The van der Waals surface area contributed by atoms with Crippen molar-refractivity contribution < 1.29 is 43.9 Å². The minimum absolute atomic E-state index is 0.287. The molecule has 12 aromatic carbocycles. The Balaban J connectivity index is 0.000000172. The molecule has 0 aliphatic heterocycles. The number of aromatic nitrogens is 5. The Morgan fingerprint density at radius 3 is 1.08 bits per heavy atom. The molecule has 1 atom stereocenters. The third-order valence-corrected chi connectivity index (χ3v) is 22.1. The van der Waals surface area contributed by atoms with Crippen LogP contribution in [0, 0.1) is 58.2 Å². The first-order valence-corrected chi connectivity index (χ1v) is 35.1. The van der Waals surface area contributed by atoms with Gasteiger partial charge in [-0.25, -0.2) is 53.9 Å². The number of pyridine rings is 1. The van der Waals surface area contributed by atoms with Crippen LogP contribution < -0.4 is 26.5 Å². The maximum Gasteiger partial charge on any atom is 0.200 e. The van der Waals surface area contributed by atoms with Crippen molar-refractivity contribution >= 4 is 53.3 Å². The number of hydrogen-bond donors (Lipinski definition) is 0. The summed E-state index contributed by atoms with van der Waals surface area (Å²) in [6.45, 7) is 0.739. The molecule has 5 nitrogen and oxygen atoms in total. The number of rotatable bonds is 16. The second kappa shape index (κ2) is 29.2. The van der Waals surface area contributed by atoms with E-state index < -0.39 is 98.2 Å². The van der Waals surface area contributed by atoms with Gasteiger partial charge < -0.3 is 9.13 Å². The van der Waals surface area contributed by atoms with Crippen LogP contribution in [0.3, 0.4) is 0 Å². The molecule has 0 N–H and O–H groups in total. The molecule has 0 aliphatic carbocycles. The highest BCUT2D eigenvalue weighted by Crippen LogP contribution is 2.47. The van der Waals surface area contributed by atoms with Crippen LogP contribution >= 0.6 is 15.8 Å². The van der Waals surface area contributed by atoms with Crippen LogP contribution in [0.4, 0.5) is 43.9 Å². The molecule has 496 valence electrons. The molecular formula is C84H55F10N5P2. The molecule has 15 aromatic rings. The van der Waals surface area contributed by atoms with Crippen LogP contribution in [-0.2, 0) is 13.1 Å². The van der Waals surface area contributed by atoms with Crippen molar-refractivity contribution in [3.63, 3.8) is 0 Å². The number of fused-ring (bicyclic) bond motifs is 1. The molecule has 0 saturated heterocycles. The molecule has 0 radical (unpaired) electrons. The number of nitrogens with zero attached hydrogens (tertiary/aromatic N) is 5. The van der Waals surface area contributed by atoms with E-state index in [0.29, 0.717) is 67.3 Å². The van der Waals surface area contributed by atoms with Crippen molar-refractivity contribution in [1.29, 1.82) is 0 Å². The average Bonchev–Trinajstić information content (AvgIpc) is 1.62. The zero-order valence-corrected chi connectivity index (χ0v) is 55.3. The molecule has 0 aliphatic rings. The van der Waals surface area contributed by atoms with E-state index in [1.54, 1.807) is 21.4 Å². The van der Waals surface area contributed by atoms with Gasteiger partial charge in [0.15, 0.2) is 46.5 Å². The van der Waals surface area contributed by atoms with Crippen LogP contribution in [-0.4, -0.2) is 30.8 Å². The van der Waals surface area contributed by atoms with Crippen molar-refractivity contribution in [2.45, 2.75) is 13.1 Å². The monoisotopic (exact) mass is 1390 g/mol. The Hall–Kier alpha value is -11.4. The lowest BCUT2D eigenvalue weighted by molar-refractivity contribution is 0.368. The summed E-state index contributed by atoms with van der Waals surface area (Å²) in [5, 5.41) is 5.69. The smallest absolute Gasteiger partial charge is 0.200 e. The van der Waals surface area contributed by atoms with Crippen LogP contribution in [0.15, 0.2) is 291 Å². The number of hydrogen-bond acceptors (Lipinski definition) is 3. The van der Waals surface area contributed by atoms with Gasteiger partial charge in [-0.1, -0.05) is 273 Å². The summed E-state index contributed by atoms with van der Waals surface area (Å²) in [5.41, 5.74) is 6.35. The lowest BCUT2D eigenvalue weighted by Crippen LogP contribution is -2.23. The number of imidazole rings is 2. The van der Waals surface area contributed by atoms with Crippen LogP contribution in [0.2, 0.25) is 0 Å². The van der Waals surface area contributed by atoms with Gasteiger partial charge >= 0.3 is 0 Å². The maximum absolute atomic E-state index is 15.6. The number of benzene rings is 12. The molecule has 0 bridgehead atoms. The fraction of sp³-hybridized carbons (Fsp3) is 0.0357. The summed E-state index contributed by atoms with van der Waals surface area (Å²) < 4.78 is 153.